The zero-order valence-corrected chi connectivity index (χ0v) is 14.4. The van der Waals surface area contributed by atoms with Crippen molar-refractivity contribution >= 4 is 17.8 Å². The maximum absolute atomic E-state index is 12.3. The summed E-state index contributed by atoms with van der Waals surface area (Å²) in [6.45, 7) is 6.62. The summed E-state index contributed by atoms with van der Waals surface area (Å²) in [4.78, 5) is 41.8. The quantitative estimate of drug-likeness (QED) is 0.795. The highest BCUT2D eigenvalue weighted by Crippen LogP contribution is 2.43. The molecule has 0 bridgehead atoms. The van der Waals surface area contributed by atoms with Crippen molar-refractivity contribution in [1.29, 1.82) is 0 Å². The van der Waals surface area contributed by atoms with Crippen molar-refractivity contribution in [3.8, 4) is 0 Å². The summed E-state index contributed by atoms with van der Waals surface area (Å²) in [5, 5.41) is 0.602. The Hall–Kier alpha value is -2.17. The fourth-order valence-corrected chi connectivity index (χ4v) is 4.32. The van der Waals surface area contributed by atoms with Gasteiger partial charge in [-0.1, -0.05) is 38.0 Å². The van der Waals surface area contributed by atoms with Gasteiger partial charge in [0.15, 0.2) is 0 Å². The molecule has 2 unspecified atom stereocenters. The van der Waals surface area contributed by atoms with Gasteiger partial charge >= 0.3 is 5.97 Å². The highest BCUT2D eigenvalue weighted by Gasteiger charge is 2.39. The molecule has 1 aliphatic carbocycles. The Labute approximate surface area is 141 Å². The molecule has 2 aliphatic rings. The van der Waals surface area contributed by atoms with Gasteiger partial charge in [0.1, 0.15) is 0 Å². The molecule has 0 saturated heterocycles. The molecule has 1 heterocycles. The first-order valence-electron chi connectivity index (χ1n) is 8.45. The van der Waals surface area contributed by atoms with Crippen molar-refractivity contribution in [2.24, 2.45) is 17.3 Å². The van der Waals surface area contributed by atoms with Crippen molar-refractivity contribution in [2.75, 3.05) is 0 Å². The van der Waals surface area contributed by atoms with Crippen LogP contribution >= 0.6 is 0 Å². The molecular weight excluding hydrogens is 306 g/mol. The van der Waals surface area contributed by atoms with Crippen molar-refractivity contribution in [2.45, 2.75) is 46.5 Å². The van der Waals surface area contributed by atoms with Crippen LogP contribution in [0.5, 0.6) is 0 Å². The predicted molar refractivity (Wildman–Crippen MR) is 87.9 cm³/mol. The molecule has 24 heavy (non-hydrogen) atoms. The standard InChI is InChI=1S/C19H23NO4/c1-12-8-13(11-19(2,3)10-12)9-16(21)24-20-17(22)14-6-4-5-7-15(14)18(20)23/h4-7,12-13H,8-11H2,1-3H3. The Balaban J connectivity index is 1.64. The third-order valence-corrected chi connectivity index (χ3v) is 4.88. The number of fused-ring (bicyclic) bond motifs is 1. The van der Waals surface area contributed by atoms with Crippen LogP contribution in [-0.2, 0) is 9.63 Å². The van der Waals surface area contributed by atoms with Crippen LogP contribution in [0.4, 0.5) is 0 Å². The SMILES string of the molecule is CC1CC(CC(=O)ON2C(=O)c3ccccc3C2=O)CC(C)(C)C1. The summed E-state index contributed by atoms with van der Waals surface area (Å²) in [7, 11) is 0. The lowest BCUT2D eigenvalue weighted by Crippen LogP contribution is -2.34. The Morgan fingerprint density at radius 3 is 2.29 bits per heavy atom. The zero-order chi connectivity index (χ0) is 17.5. The number of amides is 2. The molecule has 5 heteroatoms. The highest BCUT2D eigenvalue weighted by atomic mass is 16.7. The number of hydroxylamine groups is 2. The van der Waals surface area contributed by atoms with E-state index in [0.717, 1.165) is 19.3 Å². The topological polar surface area (TPSA) is 63.7 Å². The van der Waals surface area contributed by atoms with Gasteiger partial charge in [-0.15, -0.1) is 0 Å². The third-order valence-electron chi connectivity index (χ3n) is 4.88. The Morgan fingerprint density at radius 2 is 1.75 bits per heavy atom. The fraction of sp³-hybridized carbons (Fsp3) is 0.526. The predicted octanol–water partition coefficient (Wildman–Crippen LogP) is 3.59. The number of hydrogen-bond donors (Lipinski definition) is 0. The Bertz CT molecular complexity index is 659. The second-order valence-corrected chi connectivity index (χ2v) is 7.90. The van der Waals surface area contributed by atoms with E-state index in [0.29, 0.717) is 11.0 Å². The van der Waals surface area contributed by atoms with Gasteiger partial charge in [-0.2, -0.15) is 0 Å². The van der Waals surface area contributed by atoms with Crippen LogP contribution in [0, 0.1) is 17.3 Å². The van der Waals surface area contributed by atoms with E-state index in [4.69, 9.17) is 4.84 Å². The van der Waals surface area contributed by atoms with Crippen LogP contribution in [-0.4, -0.2) is 22.8 Å². The van der Waals surface area contributed by atoms with E-state index >= 15 is 0 Å². The van der Waals surface area contributed by atoms with Crippen LogP contribution < -0.4 is 0 Å². The van der Waals surface area contributed by atoms with Gasteiger partial charge in [0.2, 0.25) is 0 Å². The van der Waals surface area contributed by atoms with Gasteiger partial charge in [0.05, 0.1) is 17.5 Å². The molecule has 0 aromatic heterocycles. The maximum Gasteiger partial charge on any atom is 0.333 e. The third kappa shape index (κ3) is 3.21. The molecule has 5 nitrogen and oxygen atoms in total. The highest BCUT2D eigenvalue weighted by molar-refractivity contribution is 6.20. The first-order valence-corrected chi connectivity index (χ1v) is 8.45. The summed E-state index contributed by atoms with van der Waals surface area (Å²) in [6, 6.07) is 6.49. The molecule has 1 aromatic rings. The summed E-state index contributed by atoms with van der Waals surface area (Å²) < 4.78 is 0. The Kier molecular flexibility index (Phi) is 4.20. The number of hydrogen-bond acceptors (Lipinski definition) is 4. The summed E-state index contributed by atoms with van der Waals surface area (Å²) in [5.41, 5.74) is 0.767. The lowest BCUT2D eigenvalue weighted by Gasteiger charge is -2.38. The second-order valence-electron chi connectivity index (χ2n) is 7.90. The minimum Gasteiger partial charge on any atom is -0.330 e. The molecule has 2 atom stereocenters. The van der Waals surface area contributed by atoms with Gasteiger partial charge in [-0.25, -0.2) is 4.79 Å². The van der Waals surface area contributed by atoms with Gasteiger partial charge in [0.25, 0.3) is 11.8 Å². The number of benzene rings is 1. The molecule has 0 spiro atoms. The van der Waals surface area contributed by atoms with Crippen LogP contribution in [0.15, 0.2) is 24.3 Å². The van der Waals surface area contributed by atoms with Gasteiger partial charge in [0, 0.05) is 0 Å². The first kappa shape index (κ1) is 16.7. The monoisotopic (exact) mass is 329 g/mol. The van der Waals surface area contributed by atoms with E-state index in [2.05, 4.69) is 20.8 Å². The summed E-state index contributed by atoms with van der Waals surface area (Å²) in [5.74, 6) is -0.862. The van der Waals surface area contributed by atoms with E-state index in [-0.39, 0.29) is 28.9 Å². The molecule has 1 fully saturated rings. The number of nitrogens with zero attached hydrogens (tertiary/aromatic N) is 1. The first-order chi connectivity index (χ1) is 11.3. The van der Waals surface area contributed by atoms with Crippen molar-refractivity contribution in [3.05, 3.63) is 35.4 Å². The summed E-state index contributed by atoms with van der Waals surface area (Å²) >= 11 is 0. The molecule has 0 radical (unpaired) electrons. The minimum atomic E-state index is -0.568. The largest absolute Gasteiger partial charge is 0.333 e. The molecule has 3 rings (SSSR count). The van der Waals surface area contributed by atoms with Gasteiger partial charge < -0.3 is 4.84 Å². The average molecular weight is 329 g/mol. The van der Waals surface area contributed by atoms with Crippen LogP contribution in [0.3, 0.4) is 0 Å². The zero-order valence-electron chi connectivity index (χ0n) is 14.4. The lowest BCUT2D eigenvalue weighted by molar-refractivity contribution is -0.170. The molecule has 128 valence electrons. The van der Waals surface area contributed by atoms with Crippen LogP contribution in [0.1, 0.15) is 67.2 Å². The van der Waals surface area contributed by atoms with Crippen molar-refractivity contribution < 1.29 is 19.2 Å². The molecule has 1 saturated carbocycles. The number of imide groups is 1. The molecule has 1 aromatic carbocycles. The molecule has 2 amide bonds. The van der Waals surface area contributed by atoms with Gasteiger partial charge in [-0.3, -0.25) is 9.59 Å². The average Bonchev–Trinajstić information content (AvgIpc) is 2.71. The normalized spacial score (nSPS) is 25.5. The van der Waals surface area contributed by atoms with Crippen LogP contribution in [0.25, 0.3) is 0 Å². The number of carbonyl (C=O) groups is 3. The van der Waals surface area contributed by atoms with E-state index in [1.165, 1.54) is 0 Å². The fourth-order valence-electron chi connectivity index (χ4n) is 4.32. The minimum absolute atomic E-state index is 0.206. The molecular formula is C19H23NO4. The number of carbonyl (C=O) groups excluding carboxylic acids is 3. The van der Waals surface area contributed by atoms with E-state index in [9.17, 15) is 14.4 Å². The van der Waals surface area contributed by atoms with Crippen molar-refractivity contribution in [3.63, 3.8) is 0 Å². The maximum atomic E-state index is 12.3. The van der Waals surface area contributed by atoms with Gasteiger partial charge in [-0.05, 0) is 48.6 Å². The van der Waals surface area contributed by atoms with E-state index in [1.54, 1.807) is 24.3 Å². The summed E-state index contributed by atoms with van der Waals surface area (Å²) in [6.07, 6.45) is 3.31. The molecule has 0 N–H and O–H groups in total. The molecule has 1 aliphatic heterocycles. The van der Waals surface area contributed by atoms with Crippen molar-refractivity contribution in [1.82, 2.24) is 5.06 Å². The lowest BCUT2D eigenvalue weighted by atomic mass is 9.67. The second kappa shape index (κ2) is 6.04. The van der Waals surface area contributed by atoms with E-state index in [1.807, 2.05) is 0 Å². The Morgan fingerprint density at radius 1 is 1.17 bits per heavy atom. The van der Waals surface area contributed by atoms with E-state index < -0.39 is 17.8 Å². The smallest absolute Gasteiger partial charge is 0.330 e. The van der Waals surface area contributed by atoms with Crippen LogP contribution in [0.2, 0.25) is 0 Å². The number of rotatable bonds is 3.